The Kier molecular flexibility index (Phi) is 5.23. The van der Waals surface area contributed by atoms with E-state index in [1.807, 2.05) is 0 Å². The first-order valence-corrected chi connectivity index (χ1v) is 5.53. The molecule has 7 nitrogen and oxygen atoms in total. The Morgan fingerprint density at radius 3 is 2.27 bits per heavy atom. The first-order valence-electron chi connectivity index (χ1n) is 4.02. The lowest BCUT2D eigenvalue weighted by atomic mass is 10.3. The van der Waals surface area contributed by atoms with E-state index in [0.717, 1.165) is 7.11 Å². The molecule has 0 aromatic carbocycles. The molecule has 1 unspecified atom stereocenters. The SMILES string of the molecule is CCOC(=O)CC(C(=O)OC)S(=O)(=O)O. The van der Waals surface area contributed by atoms with Crippen molar-refractivity contribution < 1.29 is 32.0 Å². The molecule has 0 aliphatic carbocycles. The number of hydrogen-bond donors (Lipinski definition) is 1. The predicted octanol–water partition coefficient (Wildman–Crippen LogP) is -0.631. The number of methoxy groups -OCH3 is 1. The summed E-state index contributed by atoms with van der Waals surface area (Å²) in [6.07, 6.45) is -0.765. The van der Waals surface area contributed by atoms with Crippen molar-refractivity contribution in [1.82, 2.24) is 0 Å². The van der Waals surface area contributed by atoms with Gasteiger partial charge in [0.1, 0.15) is 0 Å². The third kappa shape index (κ3) is 4.75. The molecule has 0 aromatic heterocycles. The van der Waals surface area contributed by atoms with Crippen LogP contribution in [0.2, 0.25) is 0 Å². The zero-order valence-corrected chi connectivity index (χ0v) is 9.11. The topological polar surface area (TPSA) is 107 Å². The molecule has 0 rings (SSSR count). The molecule has 0 heterocycles. The van der Waals surface area contributed by atoms with E-state index >= 15 is 0 Å². The minimum Gasteiger partial charge on any atom is -0.468 e. The number of ether oxygens (including phenoxy) is 2. The number of carbonyl (C=O) groups is 2. The maximum Gasteiger partial charge on any atom is 0.327 e. The van der Waals surface area contributed by atoms with Crippen molar-refractivity contribution in [3.8, 4) is 0 Å². The van der Waals surface area contributed by atoms with Gasteiger partial charge in [-0.3, -0.25) is 14.1 Å². The Labute approximate surface area is 87.1 Å². The molecule has 0 aliphatic heterocycles. The highest BCUT2D eigenvalue weighted by Gasteiger charge is 2.34. The smallest absolute Gasteiger partial charge is 0.327 e. The Morgan fingerprint density at radius 1 is 1.40 bits per heavy atom. The highest BCUT2D eigenvalue weighted by Crippen LogP contribution is 2.07. The maximum absolute atomic E-state index is 10.9. The summed E-state index contributed by atoms with van der Waals surface area (Å²) in [6, 6.07) is 0. The van der Waals surface area contributed by atoms with Crippen LogP contribution in [0, 0.1) is 0 Å². The maximum atomic E-state index is 10.9. The zero-order valence-electron chi connectivity index (χ0n) is 8.30. The monoisotopic (exact) mass is 240 g/mol. The van der Waals surface area contributed by atoms with Crippen molar-refractivity contribution in [1.29, 1.82) is 0 Å². The molecule has 0 amide bonds. The van der Waals surface area contributed by atoms with Gasteiger partial charge in [0.2, 0.25) is 0 Å². The van der Waals surface area contributed by atoms with Gasteiger partial charge in [-0.2, -0.15) is 8.42 Å². The van der Waals surface area contributed by atoms with Crippen LogP contribution in [0.25, 0.3) is 0 Å². The molecule has 0 saturated heterocycles. The van der Waals surface area contributed by atoms with Gasteiger partial charge in [0, 0.05) is 0 Å². The number of rotatable bonds is 5. The standard InChI is InChI=1S/C7H12O7S/c1-3-14-6(8)4-5(7(9)13-2)15(10,11)12/h5H,3-4H2,1-2H3,(H,10,11,12). The fraction of sp³-hybridized carbons (Fsp3) is 0.714. The molecule has 0 fully saturated rings. The van der Waals surface area contributed by atoms with Crippen molar-refractivity contribution in [2.45, 2.75) is 18.6 Å². The highest BCUT2D eigenvalue weighted by atomic mass is 32.2. The quantitative estimate of drug-likeness (QED) is 0.503. The van der Waals surface area contributed by atoms with Gasteiger partial charge >= 0.3 is 11.9 Å². The molecule has 15 heavy (non-hydrogen) atoms. The van der Waals surface area contributed by atoms with Gasteiger partial charge in [-0.25, -0.2) is 0 Å². The Balaban J connectivity index is 4.68. The summed E-state index contributed by atoms with van der Waals surface area (Å²) in [4.78, 5) is 21.8. The van der Waals surface area contributed by atoms with Crippen LogP contribution in [0.1, 0.15) is 13.3 Å². The van der Waals surface area contributed by atoms with E-state index in [9.17, 15) is 18.0 Å². The van der Waals surface area contributed by atoms with Gasteiger partial charge < -0.3 is 9.47 Å². The van der Waals surface area contributed by atoms with Crippen molar-refractivity contribution in [3.05, 3.63) is 0 Å². The van der Waals surface area contributed by atoms with E-state index in [1.54, 1.807) is 0 Å². The Morgan fingerprint density at radius 2 is 1.93 bits per heavy atom. The first-order chi connectivity index (χ1) is 6.82. The van der Waals surface area contributed by atoms with Gasteiger partial charge in [0.25, 0.3) is 10.1 Å². The summed E-state index contributed by atoms with van der Waals surface area (Å²) in [6.45, 7) is 1.58. The van der Waals surface area contributed by atoms with Gasteiger partial charge in [-0.05, 0) is 6.92 Å². The van der Waals surface area contributed by atoms with Crippen LogP contribution in [0.15, 0.2) is 0 Å². The molecular weight excluding hydrogens is 228 g/mol. The molecule has 0 bridgehead atoms. The van der Waals surface area contributed by atoms with Crippen LogP contribution >= 0.6 is 0 Å². The number of carbonyl (C=O) groups excluding carboxylic acids is 2. The van der Waals surface area contributed by atoms with Crippen LogP contribution in [-0.4, -0.2) is 43.9 Å². The molecule has 1 atom stereocenters. The number of esters is 2. The van der Waals surface area contributed by atoms with E-state index in [1.165, 1.54) is 6.92 Å². The second-order valence-corrected chi connectivity index (χ2v) is 4.13. The van der Waals surface area contributed by atoms with E-state index < -0.39 is 33.7 Å². The number of hydrogen-bond acceptors (Lipinski definition) is 6. The van der Waals surface area contributed by atoms with Gasteiger partial charge in [0.05, 0.1) is 20.1 Å². The molecule has 8 heteroatoms. The van der Waals surface area contributed by atoms with Gasteiger partial charge in [-0.1, -0.05) is 0 Å². The third-order valence-corrected chi connectivity index (χ3v) is 2.56. The van der Waals surface area contributed by atoms with Gasteiger partial charge in [0.15, 0.2) is 5.25 Å². The van der Waals surface area contributed by atoms with Crippen LogP contribution in [0.4, 0.5) is 0 Å². The summed E-state index contributed by atoms with van der Waals surface area (Å²) in [5.41, 5.74) is 0. The predicted molar refractivity (Wildman–Crippen MR) is 48.6 cm³/mol. The first kappa shape index (κ1) is 13.8. The molecule has 0 aromatic rings. The van der Waals surface area contributed by atoms with E-state index in [-0.39, 0.29) is 6.61 Å². The average molecular weight is 240 g/mol. The minimum atomic E-state index is -4.67. The van der Waals surface area contributed by atoms with Crippen molar-refractivity contribution in [2.75, 3.05) is 13.7 Å². The Hall–Kier alpha value is -1.15. The molecule has 88 valence electrons. The van der Waals surface area contributed by atoms with Crippen molar-refractivity contribution in [3.63, 3.8) is 0 Å². The normalized spacial score (nSPS) is 13.0. The summed E-state index contributed by atoms with van der Waals surface area (Å²) in [7, 11) is -3.71. The van der Waals surface area contributed by atoms with Crippen LogP contribution < -0.4 is 0 Å². The van der Waals surface area contributed by atoms with Crippen LogP contribution in [0.5, 0.6) is 0 Å². The van der Waals surface area contributed by atoms with Crippen molar-refractivity contribution in [2.24, 2.45) is 0 Å². The lowest BCUT2D eigenvalue weighted by Crippen LogP contribution is -2.33. The second-order valence-electron chi connectivity index (χ2n) is 2.54. The molecular formula is C7H12O7S. The molecule has 0 saturated carbocycles. The third-order valence-electron chi connectivity index (χ3n) is 1.48. The molecule has 0 spiro atoms. The second kappa shape index (κ2) is 5.66. The lowest BCUT2D eigenvalue weighted by molar-refractivity contribution is -0.148. The largest absolute Gasteiger partial charge is 0.468 e. The lowest BCUT2D eigenvalue weighted by Gasteiger charge is -2.10. The summed E-state index contributed by atoms with van der Waals surface area (Å²) < 4.78 is 38.7. The summed E-state index contributed by atoms with van der Waals surface area (Å²) >= 11 is 0. The average Bonchev–Trinajstić information content (AvgIpc) is 2.12. The minimum absolute atomic E-state index is 0.0538. The summed E-state index contributed by atoms with van der Waals surface area (Å²) in [5.74, 6) is -2.10. The van der Waals surface area contributed by atoms with Gasteiger partial charge in [-0.15, -0.1) is 0 Å². The van der Waals surface area contributed by atoms with E-state index in [4.69, 9.17) is 4.55 Å². The van der Waals surface area contributed by atoms with E-state index in [2.05, 4.69) is 9.47 Å². The summed E-state index contributed by atoms with van der Waals surface area (Å²) in [5, 5.41) is -1.93. The molecule has 0 aliphatic rings. The highest BCUT2D eigenvalue weighted by molar-refractivity contribution is 7.87. The fourth-order valence-electron chi connectivity index (χ4n) is 0.813. The van der Waals surface area contributed by atoms with Crippen LogP contribution in [-0.2, 0) is 29.2 Å². The van der Waals surface area contributed by atoms with E-state index in [0.29, 0.717) is 0 Å². The zero-order chi connectivity index (χ0) is 12.1. The van der Waals surface area contributed by atoms with Crippen LogP contribution in [0.3, 0.4) is 0 Å². The molecule has 1 N–H and O–H groups in total. The molecule has 0 radical (unpaired) electrons. The fourth-order valence-corrected chi connectivity index (χ4v) is 1.50. The van der Waals surface area contributed by atoms with Crippen molar-refractivity contribution >= 4 is 22.1 Å². The Bertz CT molecular complexity index is 331.